The van der Waals surface area contributed by atoms with E-state index in [0.29, 0.717) is 5.69 Å². The van der Waals surface area contributed by atoms with E-state index in [-0.39, 0.29) is 42.4 Å². The Kier molecular flexibility index (Phi) is 6.28. The van der Waals surface area contributed by atoms with E-state index >= 15 is 0 Å². The number of nitrogens with zero attached hydrogens (tertiary/aromatic N) is 3. The lowest BCUT2D eigenvalue weighted by atomic mass is 9.90. The number of amides is 2. The van der Waals surface area contributed by atoms with E-state index in [9.17, 15) is 14.4 Å². The molecule has 33 heavy (non-hydrogen) atoms. The van der Waals surface area contributed by atoms with Crippen LogP contribution in [0.3, 0.4) is 0 Å². The fourth-order valence-electron chi connectivity index (χ4n) is 4.96. The Labute approximate surface area is 194 Å². The number of rotatable bonds is 5. The number of benzene rings is 1. The molecule has 0 radical (unpaired) electrons. The first-order valence-corrected chi connectivity index (χ1v) is 11.7. The van der Waals surface area contributed by atoms with Crippen LogP contribution in [0.25, 0.3) is 0 Å². The van der Waals surface area contributed by atoms with Gasteiger partial charge in [-0.1, -0.05) is 25.3 Å². The number of aromatic nitrogens is 2. The predicted molar refractivity (Wildman–Crippen MR) is 124 cm³/mol. The fraction of sp³-hybridized carbons (Fsp3) is 0.520. The van der Waals surface area contributed by atoms with Crippen molar-refractivity contribution in [3.63, 3.8) is 0 Å². The molecule has 8 nitrogen and oxygen atoms in total. The lowest BCUT2D eigenvalue weighted by Crippen LogP contribution is -2.65. The number of esters is 1. The van der Waals surface area contributed by atoms with E-state index in [1.807, 2.05) is 32.0 Å². The SMILES string of the molecule is CCOC(=O)c1cc2n(n1)CC(C)(C(=O)NC1CCCCC1)N(c1cc(C)cc(C)c1)C2=O. The Hall–Kier alpha value is -3.16. The van der Waals surface area contributed by atoms with Gasteiger partial charge in [-0.25, -0.2) is 4.79 Å². The highest BCUT2D eigenvalue weighted by Gasteiger charge is 2.49. The van der Waals surface area contributed by atoms with Crippen LogP contribution in [0.15, 0.2) is 24.3 Å². The zero-order valence-corrected chi connectivity index (χ0v) is 19.8. The number of anilines is 1. The third kappa shape index (κ3) is 4.38. The molecular weight excluding hydrogens is 420 g/mol. The van der Waals surface area contributed by atoms with Crippen LogP contribution in [0.5, 0.6) is 0 Å². The van der Waals surface area contributed by atoms with Crippen LogP contribution in [0.2, 0.25) is 0 Å². The van der Waals surface area contributed by atoms with Crippen molar-refractivity contribution in [3.05, 3.63) is 46.8 Å². The van der Waals surface area contributed by atoms with E-state index in [1.165, 1.54) is 17.2 Å². The first kappa shape index (κ1) is 23.0. The zero-order valence-electron chi connectivity index (χ0n) is 19.8. The highest BCUT2D eigenvalue weighted by atomic mass is 16.5. The van der Waals surface area contributed by atoms with E-state index in [1.54, 1.807) is 18.7 Å². The molecule has 1 aromatic carbocycles. The van der Waals surface area contributed by atoms with Crippen molar-refractivity contribution in [1.29, 1.82) is 0 Å². The molecule has 8 heteroatoms. The van der Waals surface area contributed by atoms with Crippen molar-refractivity contribution in [1.82, 2.24) is 15.1 Å². The van der Waals surface area contributed by atoms with Gasteiger partial charge in [0.1, 0.15) is 11.2 Å². The van der Waals surface area contributed by atoms with E-state index < -0.39 is 11.5 Å². The molecule has 1 unspecified atom stereocenters. The van der Waals surface area contributed by atoms with Gasteiger partial charge in [-0.3, -0.25) is 19.2 Å². The summed E-state index contributed by atoms with van der Waals surface area (Å²) in [6, 6.07) is 7.41. The van der Waals surface area contributed by atoms with Crippen LogP contribution >= 0.6 is 0 Å². The molecule has 1 fully saturated rings. The minimum absolute atomic E-state index is 0.0671. The van der Waals surface area contributed by atoms with Gasteiger partial charge in [-0.05, 0) is 63.8 Å². The van der Waals surface area contributed by atoms with Crippen LogP contribution in [-0.2, 0) is 16.1 Å². The average Bonchev–Trinajstić information content (AvgIpc) is 3.18. The molecule has 2 aliphatic rings. The molecule has 1 atom stereocenters. The van der Waals surface area contributed by atoms with E-state index in [0.717, 1.165) is 36.8 Å². The van der Waals surface area contributed by atoms with E-state index in [4.69, 9.17) is 4.74 Å². The molecule has 1 N–H and O–H groups in total. The minimum Gasteiger partial charge on any atom is -0.461 e. The summed E-state index contributed by atoms with van der Waals surface area (Å²) in [5, 5.41) is 7.52. The smallest absolute Gasteiger partial charge is 0.358 e. The van der Waals surface area contributed by atoms with Gasteiger partial charge in [0.05, 0.1) is 13.2 Å². The van der Waals surface area contributed by atoms with Crippen molar-refractivity contribution in [2.24, 2.45) is 0 Å². The average molecular weight is 453 g/mol. The second-order valence-electron chi connectivity index (χ2n) is 9.36. The second kappa shape index (κ2) is 9.00. The lowest BCUT2D eigenvalue weighted by Gasteiger charge is -2.44. The zero-order chi connectivity index (χ0) is 23.8. The normalized spacial score (nSPS) is 21.0. The maximum absolute atomic E-state index is 13.8. The minimum atomic E-state index is -1.21. The molecule has 1 aliphatic carbocycles. The second-order valence-corrected chi connectivity index (χ2v) is 9.36. The van der Waals surface area contributed by atoms with Gasteiger partial charge in [0.25, 0.3) is 5.91 Å². The van der Waals surface area contributed by atoms with Gasteiger partial charge in [0, 0.05) is 17.8 Å². The summed E-state index contributed by atoms with van der Waals surface area (Å²) in [5.41, 5.74) is 1.78. The summed E-state index contributed by atoms with van der Waals surface area (Å²) < 4.78 is 6.53. The van der Waals surface area contributed by atoms with Crippen molar-refractivity contribution < 1.29 is 19.1 Å². The molecule has 2 amide bonds. The largest absolute Gasteiger partial charge is 0.461 e. The quantitative estimate of drug-likeness (QED) is 0.701. The van der Waals surface area contributed by atoms with E-state index in [2.05, 4.69) is 10.4 Å². The van der Waals surface area contributed by atoms with Crippen LogP contribution < -0.4 is 10.2 Å². The Morgan fingerprint density at radius 3 is 2.42 bits per heavy atom. The van der Waals surface area contributed by atoms with Crippen molar-refractivity contribution in [2.45, 2.75) is 77.9 Å². The molecule has 0 spiro atoms. The lowest BCUT2D eigenvalue weighted by molar-refractivity contribution is -0.127. The van der Waals surface area contributed by atoms with Crippen LogP contribution in [0.4, 0.5) is 5.69 Å². The fourth-order valence-corrected chi connectivity index (χ4v) is 4.96. The number of ether oxygens (including phenoxy) is 1. The summed E-state index contributed by atoms with van der Waals surface area (Å²) >= 11 is 0. The maximum Gasteiger partial charge on any atom is 0.358 e. The Morgan fingerprint density at radius 1 is 1.12 bits per heavy atom. The first-order chi connectivity index (χ1) is 15.7. The molecule has 1 aromatic heterocycles. The van der Waals surface area contributed by atoms with Crippen molar-refractivity contribution in [3.8, 4) is 0 Å². The summed E-state index contributed by atoms with van der Waals surface area (Å²) in [4.78, 5) is 41.3. The topological polar surface area (TPSA) is 93.5 Å². The molecule has 4 rings (SSSR count). The van der Waals surface area contributed by atoms with Gasteiger partial charge in [0.2, 0.25) is 5.91 Å². The van der Waals surface area contributed by atoms with Gasteiger partial charge in [0.15, 0.2) is 5.69 Å². The summed E-state index contributed by atoms with van der Waals surface area (Å²) in [6.45, 7) is 7.77. The molecule has 176 valence electrons. The third-order valence-corrected chi connectivity index (χ3v) is 6.53. The standard InChI is InChI=1S/C25H32N4O4/c1-5-33-23(31)20-14-21-22(30)29(19-12-16(2)11-17(3)13-19)25(4,15-28(21)27-20)24(32)26-18-9-7-6-8-10-18/h11-14,18H,5-10,15H2,1-4H3,(H,26,32). The Bertz CT molecular complexity index is 1070. The predicted octanol–water partition coefficient (Wildman–Crippen LogP) is 3.54. The molecule has 0 saturated heterocycles. The maximum atomic E-state index is 13.8. The summed E-state index contributed by atoms with van der Waals surface area (Å²) in [6.07, 6.45) is 5.25. The number of aryl methyl sites for hydroxylation is 2. The summed E-state index contributed by atoms with van der Waals surface area (Å²) in [7, 11) is 0. The molecule has 1 aliphatic heterocycles. The number of hydrogen-bond donors (Lipinski definition) is 1. The van der Waals surface area contributed by atoms with Gasteiger partial charge >= 0.3 is 5.97 Å². The number of carbonyl (C=O) groups excluding carboxylic acids is 3. The molecule has 0 bridgehead atoms. The third-order valence-electron chi connectivity index (χ3n) is 6.53. The highest BCUT2D eigenvalue weighted by Crippen LogP contribution is 2.34. The van der Waals surface area contributed by atoms with Gasteiger partial charge in [-0.15, -0.1) is 0 Å². The van der Waals surface area contributed by atoms with Gasteiger partial charge in [-0.2, -0.15) is 5.10 Å². The van der Waals surface area contributed by atoms with Gasteiger partial charge < -0.3 is 10.1 Å². The van der Waals surface area contributed by atoms with Crippen molar-refractivity contribution >= 4 is 23.5 Å². The molecular formula is C25H32N4O4. The Balaban J connectivity index is 1.77. The molecule has 1 saturated carbocycles. The monoisotopic (exact) mass is 452 g/mol. The van der Waals surface area contributed by atoms with Crippen molar-refractivity contribution in [2.75, 3.05) is 11.5 Å². The molecule has 2 aromatic rings. The Morgan fingerprint density at radius 2 is 1.79 bits per heavy atom. The number of fused-ring (bicyclic) bond motifs is 1. The summed E-state index contributed by atoms with van der Waals surface area (Å²) in [5.74, 6) is -1.16. The first-order valence-electron chi connectivity index (χ1n) is 11.7. The van der Waals surface area contributed by atoms with Crippen LogP contribution in [0.1, 0.15) is 78.1 Å². The van der Waals surface area contributed by atoms with Crippen LogP contribution in [-0.4, -0.2) is 45.8 Å². The number of nitrogens with one attached hydrogen (secondary N) is 1. The molecule has 2 heterocycles. The highest BCUT2D eigenvalue weighted by molar-refractivity contribution is 6.12. The number of hydrogen-bond acceptors (Lipinski definition) is 5. The number of carbonyl (C=O) groups is 3. The van der Waals surface area contributed by atoms with Crippen LogP contribution in [0, 0.1) is 13.8 Å².